The second-order valence-corrected chi connectivity index (χ2v) is 3.03. The van der Waals surface area contributed by atoms with E-state index in [0.29, 0.717) is 0 Å². The number of rotatable bonds is 4. The highest BCUT2D eigenvalue weighted by Crippen LogP contribution is 2.06. The highest BCUT2D eigenvalue weighted by molar-refractivity contribution is 5.79. The SMILES string of the molecule is C[C@H](OCC(=O)N1CCC1)C(=O)O. The number of nitrogens with zero attached hydrogens (tertiary/aromatic N) is 1. The molecule has 1 aliphatic heterocycles. The molecule has 0 aromatic heterocycles. The summed E-state index contributed by atoms with van der Waals surface area (Å²) in [6.07, 6.45) is 0.116. The molecule has 5 heteroatoms. The van der Waals surface area contributed by atoms with Gasteiger partial charge in [0.2, 0.25) is 5.91 Å². The molecule has 1 amide bonds. The van der Waals surface area contributed by atoms with Crippen molar-refractivity contribution in [2.45, 2.75) is 19.4 Å². The van der Waals surface area contributed by atoms with Crippen LogP contribution in [-0.2, 0) is 14.3 Å². The highest BCUT2D eigenvalue weighted by Gasteiger charge is 2.21. The molecule has 1 atom stereocenters. The van der Waals surface area contributed by atoms with Gasteiger partial charge in [-0.25, -0.2) is 4.79 Å². The first-order valence-electron chi connectivity index (χ1n) is 4.23. The van der Waals surface area contributed by atoms with Gasteiger partial charge < -0.3 is 14.7 Å². The molecule has 5 nitrogen and oxygen atoms in total. The van der Waals surface area contributed by atoms with Crippen LogP contribution in [0.5, 0.6) is 0 Å². The Labute approximate surface area is 76.3 Å². The van der Waals surface area contributed by atoms with Crippen molar-refractivity contribution in [3.8, 4) is 0 Å². The van der Waals surface area contributed by atoms with Crippen LogP contribution in [0.1, 0.15) is 13.3 Å². The third-order valence-corrected chi connectivity index (χ3v) is 2.01. The van der Waals surface area contributed by atoms with E-state index in [1.54, 1.807) is 4.90 Å². The number of likely N-dealkylation sites (tertiary alicyclic amines) is 1. The van der Waals surface area contributed by atoms with Crippen molar-refractivity contribution >= 4 is 11.9 Å². The second-order valence-electron chi connectivity index (χ2n) is 3.03. The monoisotopic (exact) mass is 187 g/mol. The third kappa shape index (κ3) is 2.69. The Kier molecular flexibility index (Phi) is 3.25. The molecular weight excluding hydrogens is 174 g/mol. The zero-order chi connectivity index (χ0) is 9.84. The van der Waals surface area contributed by atoms with Gasteiger partial charge in [0.05, 0.1) is 0 Å². The number of amides is 1. The lowest BCUT2D eigenvalue weighted by Gasteiger charge is -2.30. The molecule has 0 aromatic rings. The fraction of sp³-hybridized carbons (Fsp3) is 0.750. The lowest BCUT2D eigenvalue weighted by Crippen LogP contribution is -2.44. The molecule has 0 saturated carbocycles. The van der Waals surface area contributed by atoms with Crippen LogP contribution in [0, 0.1) is 0 Å². The molecule has 1 heterocycles. The molecule has 0 spiro atoms. The van der Waals surface area contributed by atoms with Crippen molar-refractivity contribution in [2.75, 3.05) is 19.7 Å². The largest absolute Gasteiger partial charge is 0.479 e. The van der Waals surface area contributed by atoms with Crippen LogP contribution >= 0.6 is 0 Å². The first-order chi connectivity index (χ1) is 6.11. The lowest BCUT2D eigenvalue weighted by molar-refractivity contribution is -0.153. The third-order valence-electron chi connectivity index (χ3n) is 2.01. The van der Waals surface area contributed by atoms with Crippen LogP contribution in [0.3, 0.4) is 0 Å². The van der Waals surface area contributed by atoms with Gasteiger partial charge in [-0.2, -0.15) is 0 Å². The van der Waals surface area contributed by atoms with Crippen molar-refractivity contribution in [3.63, 3.8) is 0 Å². The summed E-state index contributed by atoms with van der Waals surface area (Å²) in [7, 11) is 0. The molecule has 0 aliphatic carbocycles. The Morgan fingerprint density at radius 2 is 2.15 bits per heavy atom. The number of ether oxygens (including phenoxy) is 1. The molecule has 0 unspecified atom stereocenters. The Balaban J connectivity index is 2.17. The fourth-order valence-corrected chi connectivity index (χ4v) is 0.924. The summed E-state index contributed by atoms with van der Waals surface area (Å²) in [6, 6.07) is 0. The molecule has 1 N–H and O–H groups in total. The van der Waals surface area contributed by atoms with Crippen molar-refractivity contribution in [2.24, 2.45) is 0 Å². The van der Waals surface area contributed by atoms with Gasteiger partial charge in [0.25, 0.3) is 0 Å². The van der Waals surface area contributed by atoms with Crippen molar-refractivity contribution in [1.29, 1.82) is 0 Å². The van der Waals surface area contributed by atoms with Crippen molar-refractivity contribution in [1.82, 2.24) is 4.90 Å². The fourth-order valence-electron chi connectivity index (χ4n) is 0.924. The molecular formula is C8H13NO4. The summed E-state index contributed by atoms with van der Waals surface area (Å²) in [5, 5.41) is 8.45. The Hall–Kier alpha value is -1.10. The van der Waals surface area contributed by atoms with Crippen LogP contribution < -0.4 is 0 Å². The summed E-state index contributed by atoms with van der Waals surface area (Å²) in [4.78, 5) is 23.1. The standard InChI is InChI=1S/C8H13NO4/c1-6(8(11)12)13-5-7(10)9-3-2-4-9/h6H,2-5H2,1H3,(H,11,12)/t6-/m0/s1. The van der Waals surface area contributed by atoms with E-state index in [0.717, 1.165) is 19.5 Å². The van der Waals surface area contributed by atoms with Gasteiger partial charge in [-0.05, 0) is 13.3 Å². The Bertz CT molecular complexity index is 212. The molecule has 74 valence electrons. The molecule has 1 aliphatic rings. The number of hydrogen-bond acceptors (Lipinski definition) is 3. The van der Waals surface area contributed by atoms with Gasteiger partial charge in [0.15, 0.2) is 6.10 Å². The molecule has 0 bridgehead atoms. The van der Waals surface area contributed by atoms with E-state index in [1.165, 1.54) is 6.92 Å². The second kappa shape index (κ2) is 4.23. The minimum atomic E-state index is -1.04. The van der Waals surface area contributed by atoms with Crippen LogP contribution in [0.25, 0.3) is 0 Å². The first-order valence-corrected chi connectivity index (χ1v) is 4.23. The molecule has 1 fully saturated rings. The lowest BCUT2D eigenvalue weighted by atomic mass is 10.2. The van der Waals surface area contributed by atoms with Crippen LogP contribution in [0.4, 0.5) is 0 Å². The van der Waals surface area contributed by atoms with E-state index >= 15 is 0 Å². The number of aliphatic carboxylic acids is 1. The summed E-state index contributed by atoms with van der Waals surface area (Å²) in [6.45, 7) is 2.81. The number of carboxylic acid groups (broad SMARTS) is 1. The van der Waals surface area contributed by atoms with E-state index in [4.69, 9.17) is 9.84 Å². The molecule has 0 radical (unpaired) electrons. The maximum Gasteiger partial charge on any atom is 0.332 e. The van der Waals surface area contributed by atoms with Gasteiger partial charge in [0, 0.05) is 13.1 Å². The molecule has 1 saturated heterocycles. The van der Waals surface area contributed by atoms with E-state index in [-0.39, 0.29) is 12.5 Å². The molecule has 1 rings (SSSR count). The molecule has 0 aromatic carbocycles. The van der Waals surface area contributed by atoms with E-state index in [9.17, 15) is 9.59 Å². The van der Waals surface area contributed by atoms with Crippen molar-refractivity contribution in [3.05, 3.63) is 0 Å². The Morgan fingerprint density at radius 3 is 2.54 bits per heavy atom. The zero-order valence-corrected chi connectivity index (χ0v) is 7.52. The quantitative estimate of drug-likeness (QED) is 0.656. The van der Waals surface area contributed by atoms with E-state index < -0.39 is 12.1 Å². The summed E-state index contributed by atoms with van der Waals surface area (Å²) < 4.78 is 4.83. The number of carbonyl (C=O) groups is 2. The summed E-state index contributed by atoms with van der Waals surface area (Å²) in [5.74, 6) is -1.17. The van der Waals surface area contributed by atoms with Gasteiger partial charge in [0.1, 0.15) is 6.61 Å². The minimum absolute atomic E-state index is 0.126. The maximum absolute atomic E-state index is 11.2. The number of carbonyl (C=O) groups excluding carboxylic acids is 1. The summed E-state index contributed by atoms with van der Waals surface area (Å²) >= 11 is 0. The minimum Gasteiger partial charge on any atom is -0.479 e. The Morgan fingerprint density at radius 1 is 1.54 bits per heavy atom. The summed E-state index contributed by atoms with van der Waals surface area (Å²) in [5.41, 5.74) is 0. The van der Waals surface area contributed by atoms with Crippen LogP contribution in [0.2, 0.25) is 0 Å². The molecule has 13 heavy (non-hydrogen) atoms. The number of hydrogen-bond donors (Lipinski definition) is 1. The maximum atomic E-state index is 11.2. The predicted molar refractivity (Wildman–Crippen MR) is 44.2 cm³/mol. The zero-order valence-electron chi connectivity index (χ0n) is 7.52. The van der Waals surface area contributed by atoms with Crippen LogP contribution in [-0.4, -0.2) is 47.7 Å². The number of carboxylic acids is 1. The first kappa shape index (κ1) is 9.98. The topological polar surface area (TPSA) is 66.8 Å². The smallest absolute Gasteiger partial charge is 0.332 e. The van der Waals surface area contributed by atoms with E-state index in [2.05, 4.69) is 0 Å². The average Bonchev–Trinajstić information content (AvgIpc) is 1.96. The van der Waals surface area contributed by atoms with Gasteiger partial charge >= 0.3 is 5.97 Å². The van der Waals surface area contributed by atoms with Gasteiger partial charge in [-0.1, -0.05) is 0 Å². The van der Waals surface area contributed by atoms with Gasteiger partial charge in [-0.15, -0.1) is 0 Å². The average molecular weight is 187 g/mol. The predicted octanol–water partition coefficient (Wildman–Crippen LogP) is -0.292. The van der Waals surface area contributed by atoms with E-state index in [1.807, 2.05) is 0 Å². The normalized spacial score (nSPS) is 17.8. The van der Waals surface area contributed by atoms with Crippen LogP contribution in [0.15, 0.2) is 0 Å². The van der Waals surface area contributed by atoms with Crippen molar-refractivity contribution < 1.29 is 19.4 Å². The van der Waals surface area contributed by atoms with Gasteiger partial charge in [-0.3, -0.25) is 4.79 Å². The highest BCUT2D eigenvalue weighted by atomic mass is 16.5.